The first-order valence-corrected chi connectivity index (χ1v) is 13.5. The zero-order chi connectivity index (χ0) is 28.1. The molecule has 1 fully saturated rings. The number of hydrogen-bond donors (Lipinski definition) is 1. The van der Waals surface area contributed by atoms with Gasteiger partial charge in [0.1, 0.15) is 12.3 Å². The van der Waals surface area contributed by atoms with E-state index in [4.69, 9.17) is 14.2 Å². The van der Waals surface area contributed by atoms with Gasteiger partial charge in [0.05, 0.1) is 21.3 Å². The van der Waals surface area contributed by atoms with Gasteiger partial charge in [-0.3, -0.25) is 9.59 Å². The molecule has 0 aliphatic heterocycles. The van der Waals surface area contributed by atoms with Crippen molar-refractivity contribution in [2.75, 3.05) is 34.4 Å². The van der Waals surface area contributed by atoms with Gasteiger partial charge < -0.3 is 29.0 Å². The maximum absolute atomic E-state index is 13.9. The molecule has 0 saturated heterocycles. The van der Waals surface area contributed by atoms with Crippen LogP contribution in [0.4, 0.5) is 0 Å². The minimum atomic E-state index is -0.138. The van der Waals surface area contributed by atoms with E-state index < -0.39 is 0 Å². The third-order valence-electron chi connectivity index (χ3n) is 7.39. The molecule has 208 valence electrons. The highest BCUT2D eigenvalue weighted by molar-refractivity contribution is 5.97. The number of rotatable bonds is 12. The van der Waals surface area contributed by atoms with Crippen molar-refractivity contribution in [3.05, 3.63) is 89.6 Å². The molecule has 40 heavy (non-hydrogen) atoms. The van der Waals surface area contributed by atoms with Crippen LogP contribution in [-0.4, -0.2) is 67.1 Å². The first-order valence-electron chi connectivity index (χ1n) is 13.5. The van der Waals surface area contributed by atoms with Gasteiger partial charge in [0, 0.05) is 41.8 Å². The van der Waals surface area contributed by atoms with Crippen LogP contribution < -0.4 is 14.2 Å². The van der Waals surface area contributed by atoms with Gasteiger partial charge in [0.25, 0.3) is 5.91 Å². The zero-order valence-electron chi connectivity index (χ0n) is 23.2. The predicted octanol–water partition coefficient (Wildman–Crippen LogP) is 5.07. The molecule has 4 aromatic rings. The Bertz CT molecular complexity index is 1480. The van der Waals surface area contributed by atoms with Crippen molar-refractivity contribution in [3.8, 4) is 17.2 Å². The highest BCUT2D eigenvalue weighted by atomic mass is 16.5. The number of carbonyl (C=O) groups excluding carboxylic acids is 2. The minimum absolute atomic E-state index is 0.0245. The van der Waals surface area contributed by atoms with E-state index in [2.05, 4.69) is 11.1 Å². The molecule has 5 rings (SSSR count). The van der Waals surface area contributed by atoms with Crippen LogP contribution in [0.3, 0.4) is 0 Å². The Morgan fingerprint density at radius 1 is 0.900 bits per heavy atom. The highest BCUT2D eigenvalue weighted by Gasteiger charge is 2.35. The molecular formula is C32H35N3O5. The van der Waals surface area contributed by atoms with E-state index in [-0.39, 0.29) is 24.4 Å². The largest absolute Gasteiger partial charge is 0.497 e. The zero-order valence-corrected chi connectivity index (χ0v) is 23.2. The Labute approximate surface area is 234 Å². The van der Waals surface area contributed by atoms with Crippen molar-refractivity contribution in [1.82, 2.24) is 14.8 Å². The molecule has 0 unspecified atom stereocenters. The maximum Gasteiger partial charge on any atom is 0.254 e. The van der Waals surface area contributed by atoms with Crippen LogP contribution in [0.2, 0.25) is 0 Å². The summed E-state index contributed by atoms with van der Waals surface area (Å²) >= 11 is 0. The second-order valence-corrected chi connectivity index (χ2v) is 10.0. The molecule has 8 heteroatoms. The molecule has 1 aromatic heterocycles. The van der Waals surface area contributed by atoms with Gasteiger partial charge in [-0.05, 0) is 72.9 Å². The molecular weight excluding hydrogens is 506 g/mol. The summed E-state index contributed by atoms with van der Waals surface area (Å²) in [5, 5.41) is 1.15. The molecule has 8 nitrogen and oxygen atoms in total. The number of aromatic amines is 1. The fraction of sp³-hybridized carbons (Fsp3) is 0.312. The number of benzene rings is 3. The van der Waals surface area contributed by atoms with Crippen LogP contribution in [0.5, 0.6) is 17.2 Å². The smallest absolute Gasteiger partial charge is 0.254 e. The summed E-state index contributed by atoms with van der Waals surface area (Å²) in [6.07, 6.45) is 4.49. The maximum atomic E-state index is 13.9. The number of amides is 2. The number of nitrogens with zero attached hydrogens (tertiary/aromatic N) is 2. The summed E-state index contributed by atoms with van der Waals surface area (Å²) in [7, 11) is 4.79. The normalized spacial score (nSPS) is 12.7. The van der Waals surface area contributed by atoms with E-state index in [1.54, 1.807) is 50.5 Å². The number of ether oxygens (including phenoxy) is 3. The van der Waals surface area contributed by atoms with Crippen LogP contribution in [0.15, 0.2) is 72.9 Å². The lowest BCUT2D eigenvalue weighted by Gasteiger charge is -2.28. The Morgan fingerprint density at radius 3 is 2.35 bits per heavy atom. The molecule has 1 aliphatic rings. The van der Waals surface area contributed by atoms with Gasteiger partial charge in [-0.1, -0.05) is 24.3 Å². The van der Waals surface area contributed by atoms with Gasteiger partial charge in [-0.15, -0.1) is 0 Å². The molecule has 1 saturated carbocycles. The molecule has 0 atom stereocenters. The van der Waals surface area contributed by atoms with Gasteiger partial charge >= 0.3 is 0 Å². The summed E-state index contributed by atoms with van der Waals surface area (Å²) in [4.78, 5) is 34.2. The summed E-state index contributed by atoms with van der Waals surface area (Å²) < 4.78 is 16.1. The van der Waals surface area contributed by atoms with Gasteiger partial charge in [-0.2, -0.15) is 0 Å². The summed E-state index contributed by atoms with van der Waals surface area (Å²) in [5.74, 6) is 1.69. The molecule has 0 spiro atoms. The Morgan fingerprint density at radius 2 is 1.65 bits per heavy atom. The molecule has 2 amide bonds. The van der Waals surface area contributed by atoms with Crippen LogP contribution in [-0.2, 0) is 17.8 Å². The van der Waals surface area contributed by atoms with Gasteiger partial charge in [0.2, 0.25) is 5.91 Å². The monoisotopic (exact) mass is 541 g/mol. The Hall–Kier alpha value is -4.46. The van der Waals surface area contributed by atoms with E-state index in [0.717, 1.165) is 34.9 Å². The van der Waals surface area contributed by atoms with Crippen LogP contribution in [0, 0.1) is 0 Å². The van der Waals surface area contributed by atoms with E-state index >= 15 is 0 Å². The lowest BCUT2D eigenvalue weighted by molar-refractivity contribution is -0.132. The number of fused-ring (bicyclic) bond motifs is 1. The first kappa shape index (κ1) is 27.1. The molecule has 0 radical (unpaired) electrons. The second-order valence-electron chi connectivity index (χ2n) is 10.0. The minimum Gasteiger partial charge on any atom is -0.497 e. The quantitative estimate of drug-likeness (QED) is 0.271. The molecule has 1 N–H and O–H groups in total. The molecule has 3 aromatic carbocycles. The molecule has 0 bridgehead atoms. The van der Waals surface area contributed by atoms with Crippen molar-refractivity contribution >= 4 is 22.7 Å². The van der Waals surface area contributed by atoms with Crippen LogP contribution in [0.1, 0.15) is 34.3 Å². The SMILES string of the molecule is COc1ccc(C(=O)N(CC(=O)N(CCc2c[nH]c3ccccc23)Cc2ccc(OC)c(OC)c2)C2CC2)cc1. The fourth-order valence-corrected chi connectivity index (χ4v) is 4.98. The first-order chi connectivity index (χ1) is 19.5. The van der Waals surface area contributed by atoms with Crippen LogP contribution in [0.25, 0.3) is 10.9 Å². The van der Waals surface area contributed by atoms with Crippen molar-refractivity contribution in [2.45, 2.75) is 31.8 Å². The predicted molar refractivity (Wildman–Crippen MR) is 154 cm³/mol. The topological polar surface area (TPSA) is 84.1 Å². The van der Waals surface area contributed by atoms with Gasteiger partial charge in [-0.25, -0.2) is 0 Å². The van der Waals surface area contributed by atoms with Crippen LogP contribution >= 0.6 is 0 Å². The fourth-order valence-electron chi connectivity index (χ4n) is 4.98. The summed E-state index contributed by atoms with van der Waals surface area (Å²) in [6, 6.07) is 20.9. The molecule has 1 aliphatic carbocycles. The van der Waals surface area contributed by atoms with Gasteiger partial charge in [0.15, 0.2) is 11.5 Å². The third kappa shape index (κ3) is 6.06. The van der Waals surface area contributed by atoms with E-state index in [1.807, 2.05) is 47.5 Å². The van der Waals surface area contributed by atoms with Crippen molar-refractivity contribution in [2.24, 2.45) is 0 Å². The number of methoxy groups -OCH3 is 3. The number of aromatic nitrogens is 1. The van der Waals surface area contributed by atoms with E-state index in [0.29, 0.717) is 42.3 Å². The van der Waals surface area contributed by atoms with E-state index in [1.165, 1.54) is 0 Å². The lowest BCUT2D eigenvalue weighted by Crippen LogP contribution is -2.44. The lowest BCUT2D eigenvalue weighted by atomic mass is 10.1. The number of nitrogens with one attached hydrogen (secondary N) is 1. The second kappa shape index (κ2) is 12.2. The van der Waals surface area contributed by atoms with Crippen molar-refractivity contribution in [3.63, 3.8) is 0 Å². The summed E-state index contributed by atoms with van der Waals surface area (Å²) in [6.45, 7) is 0.914. The summed E-state index contributed by atoms with van der Waals surface area (Å²) in [5.41, 5.74) is 3.68. The van der Waals surface area contributed by atoms with E-state index in [9.17, 15) is 9.59 Å². The highest BCUT2D eigenvalue weighted by Crippen LogP contribution is 2.30. The number of hydrogen-bond acceptors (Lipinski definition) is 5. The average Bonchev–Trinajstić information content (AvgIpc) is 3.76. The Balaban J connectivity index is 1.37. The Kier molecular flexibility index (Phi) is 8.24. The average molecular weight is 542 g/mol. The number of carbonyl (C=O) groups is 2. The standard InChI is InChI=1S/C32H35N3O5/c1-38-26-13-9-23(10-14-26)32(37)35(25-11-12-25)21-31(36)34(20-22-8-15-29(39-2)30(18-22)40-3)17-16-24-19-33-28-7-5-4-6-27(24)28/h4-10,13-15,18-19,25,33H,11-12,16-17,20-21H2,1-3H3. The molecule has 1 heterocycles. The number of para-hydroxylation sites is 1. The number of H-pyrrole nitrogens is 1. The van der Waals surface area contributed by atoms with Crippen molar-refractivity contribution < 1.29 is 23.8 Å². The van der Waals surface area contributed by atoms with Crippen molar-refractivity contribution in [1.29, 1.82) is 0 Å². The third-order valence-corrected chi connectivity index (χ3v) is 7.39.